The van der Waals surface area contributed by atoms with Crippen molar-refractivity contribution >= 4 is 28.8 Å². The topological polar surface area (TPSA) is 106 Å². The maximum Gasteiger partial charge on any atom is 0.261 e. The molecule has 0 radical (unpaired) electrons. The first-order valence-corrected chi connectivity index (χ1v) is 13.3. The molecule has 0 spiro atoms. The lowest BCUT2D eigenvalue weighted by atomic mass is 10.0. The number of benzene rings is 1. The highest BCUT2D eigenvalue weighted by atomic mass is 19.1. The van der Waals surface area contributed by atoms with Crippen LogP contribution in [0.5, 0.6) is 0 Å². The average molecular weight is 538 g/mol. The van der Waals surface area contributed by atoms with Gasteiger partial charge < -0.3 is 20.2 Å². The van der Waals surface area contributed by atoms with Crippen molar-refractivity contribution in [3.8, 4) is 0 Å². The first-order chi connectivity index (χ1) is 18.3. The van der Waals surface area contributed by atoms with Crippen molar-refractivity contribution in [2.75, 3.05) is 42.9 Å². The Morgan fingerprint density at radius 3 is 2.54 bits per heavy atom. The lowest BCUT2D eigenvalue weighted by Gasteiger charge is -2.43. The van der Waals surface area contributed by atoms with Crippen LogP contribution < -0.4 is 10.2 Å². The van der Waals surface area contributed by atoms with Crippen molar-refractivity contribution < 1.29 is 19.1 Å². The number of fused-ring (bicyclic) bond motifs is 2. The number of amides is 2. The Kier molecular flexibility index (Phi) is 6.84. The fourth-order valence-electron chi connectivity index (χ4n) is 5.13. The summed E-state index contributed by atoms with van der Waals surface area (Å²) in [5, 5.41) is 17.3. The molecule has 1 aromatic carbocycles. The Morgan fingerprint density at radius 1 is 1.15 bits per heavy atom. The number of alkyl halides is 1. The molecule has 4 heterocycles. The molecule has 11 heteroatoms. The van der Waals surface area contributed by atoms with E-state index in [1.165, 1.54) is 29.5 Å². The lowest BCUT2D eigenvalue weighted by molar-refractivity contribution is -0.0159. The molecule has 5 rings (SSSR count). The maximum atomic E-state index is 14.7. The van der Waals surface area contributed by atoms with E-state index in [1.807, 2.05) is 12.1 Å². The molecule has 3 aromatic rings. The number of hydrogen-bond acceptors (Lipinski definition) is 7. The lowest BCUT2D eigenvalue weighted by Crippen LogP contribution is -2.53. The molecule has 2 N–H and O–H groups in total. The highest BCUT2D eigenvalue weighted by Gasteiger charge is 2.36. The highest BCUT2D eigenvalue weighted by Crippen LogP contribution is 2.36. The van der Waals surface area contributed by atoms with Gasteiger partial charge in [0.15, 0.2) is 5.65 Å². The van der Waals surface area contributed by atoms with Crippen molar-refractivity contribution in [1.29, 1.82) is 0 Å². The van der Waals surface area contributed by atoms with E-state index in [0.29, 0.717) is 28.0 Å². The number of halogens is 1. The number of carbonyl (C=O) groups is 2. The number of nitrogens with one attached hydrogen (secondary N) is 1. The van der Waals surface area contributed by atoms with E-state index < -0.39 is 11.8 Å². The summed E-state index contributed by atoms with van der Waals surface area (Å²) in [5.74, 6) is -0.638. The molecule has 39 heavy (non-hydrogen) atoms. The average Bonchev–Trinajstić information content (AvgIpc) is 3.43. The van der Waals surface area contributed by atoms with Crippen LogP contribution in [0.2, 0.25) is 0 Å². The minimum absolute atomic E-state index is 0.0391. The predicted octanol–water partition coefficient (Wildman–Crippen LogP) is 2.97. The van der Waals surface area contributed by atoms with Gasteiger partial charge in [-0.15, -0.1) is 0 Å². The minimum atomic E-state index is -1.59. The molecule has 2 aliphatic rings. The molecule has 0 unspecified atom stereocenters. The summed E-state index contributed by atoms with van der Waals surface area (Å²) in [7, 11) is 0. The van der Waals surface area contributed by atoms with E-state index in [9.17, 15) is 19.1 Å². The monoisotopic (exact) mass is 537 g/mol. The normalized spacial score (nSPS) is 17.6. The summed E-state index contributed by atoms with van der Waals surface area (Å²) >= 11 is 0. The third-order valence-corrected chi connectivity index (χ3v) is 7.59. The van der Waals surface area contributed by atoms with Crippen LogP contribution in [0.15, 0.2) is 36.8 Å². The maximum absolute atomic E-state index is 14.7. The molecule has 0 bridgehead atoms. The molecule has 1 atom stereocenters. The SMILES string of the molecule is CC(C)(O)[C@H](F)CN1Cc2cc(NC(=O)c3cnn4cccnc34)c(N3CCN(C(C)(C)C)CC3)cc2C1=O. The van der Waals surface area contributed by atoms with Crippen LogP contribution in [0.3, 0.4) is 0 Å². The number of aliphatic hydroxyl groups is 1. The van der Waals surface area contributed by atoms with Crippen LogP contribution in [0, 0.1) is 0 Å². The second kappa shape index (κ2) is 9.87. The summed E-state index contributed by atoms with van der Waals surface area (Å²) in [5.41, 5.74) is 1.77. The van der Waals surface area contributed by atoms with E-state index in [0.717, 1.165) is 31.9 Å². The zero-order chi connectivity index (χ0) is 28.1. The first-order valence-electron chi connectivity index (χ1n) is 13.3. The molecular weight excluding hydrogens is 501 g/mol. The third-order valence-electron chi connectivity index (χ3n) is 7.59. The van der Waals surface area contributed by atoms with Crippen LogP contribution in [0.1, 0.15) is 60.9 Å². The second-order valence-electron chi connectivity index (χ2n) is 11.9. The molecule has 0 aliphatic carbocycles. The van der Waals surface area contributed by atoms with Gasteiger partial charge in [-0.1, -0.05) is 0 Å². The molecule has 10 nitrogen and oxygen atoms in total. The quantitative estimate of drug-likeness (QED) is 0.498. The summed E-state index contributed by atoms with van der Waals surface area (Å²) in [4.78, 5) is 37.0. The van der Waals surface area contributed by atoms with Crippen LogP contribution >= 0.6 is 0 Å². The molecule has 208 valence electrons. The van der Waals surface area contributed by atoms with Gasteiger partial charge >= 0.3 is 0 Å². The van der Waals surface area contributed by atoms with E-state index in [1.54, 1.807) is 18.5 Å². The first kappa shape index (κ1) is 27.0. The van der Waals surface area contributed by atoms with Gasteiger partial charge in [0, 0.05) is 56.2 Å². The van der Waals surface area contributed by atoms with Crippen molar-refractivity contribution in [1.82, 2.24) is 24.4 Å². The number of aromatic nitrogens is 3. The zero-order valence-corrected chi connectivity index (χ0v) is 23.1. The molecule has 1 fully saturated rings. The van der Waals surface area contributed by atoms with E-state index in [-0.39, 0.29) is 30.4 Å². The van der Waals surface area contributed by atoms with E-state index in [2.05, 4.69) is 46.0 Å². The summed E-state index contributed by atoms with van der Waals surface area (Å²) < 4.78 is 16.2. The summed E-state index contributed by atoms with van der Waals surface area (Å²) in [6, 6.07) is 5.36. The number of anilines is 2. The zero-order valence-electron chi connectivity index (χ0n) is 23.1. The van der Waals surface area contributed by atoms with Crippen LogP contribution in [0.4, 0.5) is 15.8 Å². The molecular formula is C28H36FN7O3. The summed E-state index contributed by atoms with van der Waals surface area (Å²) in [6.45, 7) is 12.4. The number of piperazine rings is 1. The van der Waals surface area contributed by atoms with Crippen molar-refractivity contribution in [2.24, 2.45) is 0 Å². The van der Waals surface area contributed by atoms with Crippen LogP contribution in [-0.2, 0) is 6.54 Å². The third kappa shape index (κ3) is 5.33. The molecule has 2 aromatic heterocycles. The Labute approximate surface area is 227 Å². The number of nitrogens with zero attached hydrogens (tertiary/aromatic N) is 6. The fraction of sp³-hybridized carbons (Fsp3) is 0.500. The largest absolute Gasteiger partial charge is 0.387 e. The number of carbonyl (C=O) groups excluding carboxylic acids is 2. The Hall–Kier alpha value is -3.57. The Balaban J connectivity index is 1.47. The fourth-order valence-corrected chi connectivity index (χ4v) is 5.13. The van der Waals surface area contributed by atoms with Crippen LogP contribution in [-0.4, -0.2) is 91.4 Å². The van der Waals surface area contributed by atoms with Crippen molar-refractivity contribution in [3.63, 3.8) is 0 Å². The van der Waals surface area contributed by atoms with E-state index >= 15 is 0 Å². The Morgan fingerprint density at radius 2 is 1.87 bits per heavy atom. The Bertz CT molecular complexity index is 1400. The number of hydrogen-bond donors (Lipinski definition) is 2. The van der Waals surface area contributed by atoms with Gasteiger partial charge in [0.1, 0.15) is 11.7 Å². The van der Waals surface area contributed by atoms with Gasteiger partial charge in [-0.05, 0) is 58.4 Å². The van der Waals surface area contributed by atoms with Gasteiger partial charge in [0.25, 0.3) is 11.8 Å². The van der Waals surface area contributed by atoms with Gasteiger partial charge in [-0.3, -0.25) is 14.5 Å². The summed E-state index contributed by atoms with van der Waals surface area (Å²) in [6.07, 6.45) is 3.22. The van der Waals surface area contributed by atoms with Gasteiger partial charge in [0.2, 0.25) is 0 Å². The van der Waals surface area contributed by atoms with Gasteiger partial charge in [-0.2, -0.15) is 5.10 Å². The second-order valence-corrected chi connectivity index (χ2v) is 11.9. The molecule has 2 aliphatic heterocycles. The van der Waals surface area contributed by atoms with E-state index in [4.69, 9.17) is 0 Å². The molecule has 0 saturated carbocycles. The van der Waals surface area contributed by atoms with Crippen LogP contribution in [0.25, 0.3) is 5.65 Å². The number of rotatable bonds is 6. The van der Waals surface area contributed by atoms with Crippen molar-refractivity contribution in [2.45, 2.75) is 58.5 Å². The highest BCUT2D eigenvalue weighted by molar-refractivity contribution is 6.10. The standard InChI is InChI=1S/C28H36FN7O3/c1-27(2,3)35-11-9-33(10-12-35)22-14-19-18(16-34(26(19)38)17-23(29)28(4,5)39)13-21(22)32-25(37)20-15-31-36-8-6-7-30-24(20)36/h6-8,13-15,23,39H,9-12,16-17H2,1-5H3,(H,32,37)/t23-/m1/s1. The minimum Gasteiger partial charge on any atom is -0.387 e. The van der Waals surface area contributed by atoms with Gasteiger partial charge in [-0.25, -0.2) is 13.9 Å². The molecule has 1 saturated heterocycles. The predicted molar refractivity (Wildman–Crippen MR) is 147 cm³/mol. The van der Waals surface area contributed by atoms with Crippen molar-refractivity contribution in [3.05, 3.63) is 53.5 Å². The molecule has 2 amide bonds. The van der Waals surface area contributed by atoms with Gasteiger partial charge in [0.05, 0.1) is 29.7 Å². The smallest absolute Gasteiger partial charge is 0.261 e.